The molecule has 0 amide bonds. The first kappa shape index (κ1) is 8.95. The van der Waals surface area contributed by atoms with E-state index in [1.165, 1.54) is 27.7 Å². The van der Waals surface area contributed by atoms with Crippen LogP contribution in [0.5, 0.6) is 0 Å². The summed E-state index contributed by atoms with van der Waals surface area (Å²) in [5.74, 6) is 0.896. The molecule has 60 valence electrons. The molecule has 0 nitrogen and oxygen atoms in total. The minimum atomic E-state index is 0.896. The van der Waals surface area contributed by atoms with Crippen LogP contribution in [0.15, 0.2) is 18.2 Å². The van der Waals surface area contributed by atoms with Crippen molar-refractivity contribution in [2.75, 3.05) is 0 Å². The highest BCUT2D eigenvalue weighted by Gasteiger charge is 1.96. The summed E-state index contributed by atoms with van der Waals surface area (Å²) in [6, 6.07) is 6.44. The lowest BCUT2D eigenvalue weighted by Gasteiger charge is -2.03. The molecule has 0 N–H and O–H groups in total. The molecule has 0 spiro atoms. The van der Waals surface area contributed by atoms with E-state index in [4.69, 9.17) is 10.7 Å². The second kappa shape index (κ2) is 4.03. The fourth-order valence-corrected chi connectivity index (χ4v) is 1.86. The normalized spacial score (nSPS) is 10.1. The Morgan fingerprint density at radius 1 is 1.36 bits per heavy atom. The van der Waals surface area contributed by atoms with Gasteiger partial charge in [-0.3, -0.25) is 0 Å². The van der Waals surface area contributed by atoms with Gasteiger partial charge in [0, 0.05) is 5.75 Å². The highest BCUT2D eigenvalue weighted by molar-refractivity contribution is 8.20. The smallest absolute Gasteiger partial charge is 0.0339 e. The van der Waals surface area contributed by atoms with Gasteiger partial charge in [0.05, 0.1) is 0 Å². The number of halogens is 1. The van der Waals surface area contributed by atoms with Crippen molar-refractivity contribution < 1.29 is 0 Å². The topological polar surface area (TPSA) is 0 Å². The van der Waals surface area contributed by atoms with E-state index in [0.717, 1.165) is 5.75 Å². The Bertz CT molecular complexity index is 245. The van der Waals surface area contributed by atoms with Crippen LogP contribution in [0.1, 0.15) is 16.7 Å². The van der Waals surface area contributed by atoms with E-state index in [9.17, 15) is 0 Å². The van der Waals surface area contributed by atoms with Gasteiger partial charge >= 0.3 is 0 Å². The number of benzene rings is 1. The van der Waals surface area contributed by atoms with Crippen molar-refractivity contribution in [3.8, 4) is 0 Å². The molecule has 0 radical (unpaired) electrons. The van der Waals surface area contributed by atoms with E-state index < -0.39 is 0 Å². The van der Waals surface area contributed by atoms with E-state index in [1.807, 2.05) is 0 Å². The number of aryl methyl sites for hydroxylation is 2. The van der Waals surface area contributed by atoms with Gasteiger partial charge in [0.25, 0.3) is 0 Å². The third-order valence-electron chi connectivity index (χ3n) is 1.71. The highest BCUT2D eigenvalue weighted by Crippen LogP contribution is 2.19. The van der Waals surface area contributed by atoms with Gasteiger partial charge in [0.1, 0.15) is 0 Å². The lowest BCUT2D eigenvalue weighted by molar-refractivity contribution is 1.28. The van der Waals surface area contributed by atoms with Crippen LogP contribution in [0.4, 0.5) is 0 Å². The maximum atomic E-state index is 5.56. The molecule has 1 aromatic carbocycles. The molecule has 0 heterocycles. The first-order valence-corrected chi connectivity index (χ1v) is 5.35. The second-order valence-electron chi connectivity index (χ2n) is 2.68. The van der Waals surface area contributed by atoms with Gasteiger partial charge in [-0.05, 0) is 35.7 Å². The van der Waals surface area contributed by atoms with Crippen molar-refractivity contribution in [1.82, 2.24) is 0 Å². The van der Waals surface area contributed by atoms with E-state index in [1.54, 1.807) is 0 Å². The van der Waals surface area contributed by atoms with E-state index in [0.29, 0.717) is 0 Å². The molecule has 0 aromatic heterocycles. The Kier molecular flexibility index (Phi) is 3.28. The molecular formula is C9H11ClS. The Balaban J connectivity index is 2.90. The van der Waals surface area contributed by atoms with Gasteiger partial charge in [-0.15, -0.1) is 0 Å². The summed E-state index contributed by atoms with van der Waals surface area (Å²) in [6.07, 6.45) is 0. The molecule has 0 bridgehead atoms. The van der Waals surface area contributed by atoms with Gasteiger partial charge in [-0.25, -0.2) is 0 Å². The minimum absolute atomic E-state index is 0.896. The number of hydrogen-bond acceptors (Lipinski definition) is 1. The standard InChI is InChI=1S/C9H11ClS/c1-7-3-4-9(6-11-10)8(2)5-7/h3-5H,6H2,1-2H3. The third kappa shape index (κ3) is 2.42. The lowest BCUT2D eigenvalue weighted by Crippen LogP contribution is -1.85. The zero-order valence-electron chi connectivity index (χ0n) is 6.73. The summed E-state index contributed by atoms with van der Waals surface area (Å²) < 4.78 is 0. The predicted octanol–water partition coefficient (Wildman–Crippen LogP) is 3.69. The maximum Gasteiger partial charge on any atom is 0.0339 e. The van der Waals surface area contributed by atoms with Crippen LogP contribution < -0.4 is 0 Å². The van der Waals surface area contributed by atoms with Crippen LogP contribution in [0.25, 0.3) is 0 Å². The predicted molar refractivity (Wildman–Crippen MR) is 53.1 cm³/mol. The fraction of sp³-hybridized carbons (Fsp3) is 0.333. The Hall–Kier alpha value is -0.140. The molecule has 0 unspecified atom stereocenters. The third-order valence-corrected chi connectivity index (χ3v) is 2.46. The van der Waals surface area contributed by atoms with Gasteiger partial charge < -0.3 is 0 Å². The van der Waals surface area contributed by atoms with Crippen molar-refractivity contribution >= 4 is 21.7 Å². The summed E-state index contributed by atoms with van der Waals surface area (Å²) in [5.41, 5.74) is 3.97. The SMILES string of the molecule is Cc1ccc(CSCl)c(C)c1. The van der Waals surface area contributed by atoms with E-state index in [-0.39, 0.29) is 0 Å². The van der Waals surface area contributed by atoms with Gasteiger partial charge in [0.15, 0.2) is 0 Å². The van der Waals surface area contributed by atoms with Crippen LogP contribution in [-0.2, 0) is 5.75 Å². The molecule has 0 fully saturated rings. The zero-order valence-corrected chi connectivity index (χ0v) is 8.30. The highest BCUT2D eigenvalue weighted by atomic mass is 35.7. The maximum absolute atomic E-state index is 5.56. The van der Waals surface area contributed by atoms with Crippen LogP contribution in [0, 0.1) is 13.8 Å². The summed E-state index contributed by atoms with van der Waals surface area (Å²) in [6.45, 7) is 4.22. The van der Waals surface area contributed by atoms with Crippen molar-refractivity contribution in [2.45, 2.75) is 19.6 Å². The van der Waals surface area contributed by atoms with Crippen LogP contribution in [0.3, 0.4) is 0 Å². The van der Waals surface area contributed by atoms with Gasteiger partial charge in [0.2, 0.25) is 0 Å². The first-order chi connectivity index (χ1) is 5.24. The molecule has 0 saturated heterocycles. The molecule has 0 aliphatic heterocycles. The van der Waals surface area contributed by atoms with Crippen LogP contribution in [-0.4, -0.2) is 0 Å². The number of hydrogen-bond donors (Lipinski definition) is 0. The molecule has 0 saturated carbocycles. The van der Waals surface area contributed by atoms with Gasteiger partial charge in [-0.1, -0.05) is 34.7 Å². The van der Waals surface area contributed by atoms with Crippen molar-refractivity contribution in [2.24, 2.45) is 0 Å². The minimum Gasteiger partial charge on any atom is -0.0590 e. The Labute approximate surface area is 76.5 Å². The molecule has 0 atom stereocenters. The molecular weight excluding hydrogens is 176 g/mol. The molecule has 11 heavy (non-hydrogen) atoms. The Morgan fingerprint density at radius 3 is 2.64 bits per heavy atom. The Morgan fingerprint density at radius 2 is 2.09 bits per heavy atom. The van der Waals surface area contributed by atoms with E-state index in [2.05, 4.69) is 32.0 Å². The summed E-state index contributed by atoms with van der Waals surface area (Å²) in [4.78, 5) is 0. The van der Waals surface area contributed by atoms with Crippen molar-refractivity contribution in [1.29, 1.82) is 0 Å². The average molecular weight is 187 g/mol. The molecule has 1 aromatic rings. The lowest BCUT2D eigenvalue weighted by atomic mass is 10.1. The largest absolute Gasteiger partial charge is 0.0590 e. The number of rotatable bonds is 2. The zero-order chi connectivity index (χ0) is 8.27. The summed E-state index contributed by atoms with van der Waals surface area (Å²) in [5, 5.41) is 0. The van der Waals surface area contributed by atoms with Crippen LogP contribution >= 0.6 is 21.7 Å². The monoisotopic (exact) mass is 186 g/mol. The second-order valence-corrected chi connectivity index (χ2v) is 3.84. The molecule has 2 heteroatoms. The summed E-state index contributed by atoms with van der Waals surface area (Å²) >= 11 is 0. The van der Waals surface area contributed by atoms with Crippen LogP contribution in [0.2, 0.25) is 0 Å². The fourth-order valence-electron chi connectivity index (χ4n) is 1.07. The summed E-state index contributed by atoms with van der Waals surface area (Å²) in [7, 11) is 6.91. The van der Waals surface area contributed by atoms with Crippen molar-refractivity contribution in [3.05, 3.63) is 34.9 Å². The first-order valence-electron chi connectivity index (χ1n) is 3.53. The van der Waals surface area contributed by atoms with Crippen molar-refractivity contribution in [3.63, 3.8) is 0 Å². The molecule has 1 rings (SSSR count). The van der Waals surface area contributed by atoms with Gasteiger partial charge in [-0.2, -0.15) is 0 Å². The molecule has 0 aliphatic carbocycles. The van der Waals surface area contributed by atoms with E-state index >= 15 is 0 Å². The molecule has 0 aliphatic rings. The average Bonchev–Trinajstić information content (AvgIpc) is 1.95. The quantitative estimate of drug-likeness (QED) is 0.679.